The second kappa shape index (κ2) is 11.4. The molecule has 1 aliphatic heterocycles. The monoisotopic (exact) mass is 491 g/mol. The first-order chi connectivity index (χ1) is 17.0. The van der Waals surface area contributed by atoms with Crippen LogP contribution in [-0.2, 0) is 11.2 Å². The van der Waals surface area contributed by atoms with Crippen molar-refractivity contribution in [2.75, 3.05) is 6.54 Å². The number of carbonyl (C=O) groups is 2. The van der Waals surface area contributed by atoms with Crippen LogP contribution in [0.2, 0.25) is 5.02 Å². The highest BCUT2D eigenvalue weighted by atomic mass is 35.5. The number of aryl methyl sites for hydroxylation is 1. The Balaban J connectivity index is 1.46. The number of nitrogens with zero attached hydrogens (tertiary/aromatic N) is 2. The SMILES string of the molecule is CCC1CCCCN1C(=O)CCc1ccc(/C=N/NC(=O)c2ccc(O)c(Cl)c2)c2ccccc12. The van der Waals surface area contributed by atoms with E-state index in [0.29, 0.717) is 24.4 Å². The molecular weight excluding hydrogens is 462 g/mol. The van der Waals surface area contributed by atoms with Crippen LogP contribution in [0.25, 0.3) is 10.8 Å². The smallest absolute Gasteiger partial charge is 0.271 e. The number of hydrogen-bond donors (Lipinski definition) is 2. The highest BCUT2D eigenvalue weighted by Gasteiger charge is 2.24. The van der Waals surface area contributed by atoms with Gasteiger partial charge in [0.1, 0.15) is 5.75 Å². The number of likely N-dealkylation sites (tertiary alicyclic amines) is 1. The summed E-state index contributed by atoms with van der Waals surface area (Å²) < 4.78 is 0. The van der Waals surface area contributed by atoms with Crippen molar-refractivity contribution in [3.8, 4) is 5.75 Å². The molecule has 1 unspecified atom stereocenters. The molecule has 0 aromatic heterocycles. The lowest BCUT2D eigenvalue weighted by molar-refractivity contribution is -0.134. The number of phenolic OH excluding ortho intramolecular Hbond substituents is 1. The predicted octanol–water partition coefficient (Wildman–Crippen LogP) is 5.69. The van der Waals surface area contributed by atoms with Gasteiger partial charge < -0.3 is 10.0 Å². The van der Waals surface area contributed by atoms with Gasteiger partial charge in [-0.1, -0.05) is 54.9 Å². The number of nitrogens with one attached hydrogen (secondary N) is 1. The van der Waals surface area contributed by atoms with Crippen LogP contribution in [-0.4, -0.2) is 40.6 Å². The molecule has 35 heavy (non-hydrogen) atoms. The van der Waals surface area contributed by atoms with E-state index in [1.165, 1.54) is 24.6 Å². The summed E-state index contributed by atoms with van der Waals surface area (Å²) in [7, 11) is 0. The summed E-state index contributed by atoms with van der Waals surface area (Å²) in [5.41, 5.74) is 4.79. The van der Waals surface area contributed by atoms with Gasteiger partial charge in [0.2, 0.25) is 5.91 Å². The minimum atomic E-state index is -0.425. The summed E-state index contributed by atoms with van der Waals surface area (Å²) in [5, 5.41) is 15.8. The quantitative estimate of drug-likeness (QED) is 0.329. The number of rotatable bonds is 7. The molecule has 7 heteroatoms. The van der Waals surface area contributed by atoms with Gasteiger partial charge in [0.25, 0.3) is 5.91 Å². The lowest BCUT2D eigenvalue weighted by Gasteiger charge is -2.35. The third kappa shape index (κ3) is 5.82. The molecule has 0 spiro atoms. The van der Waals surface area contributed by atoms with Crippen molar-refractivity contribution >= 4 is 40.4 Å². The minimum absolute atomic E-state index is 0.0823. The van der Waals surface area contributed by atoms with E-state index in [1.807, 2.05) is 30.3 Å². The van der Waals surface area contributed by atoms with Gasteiger partial charge in [-0.05, 0) is 66.6 Å². The number of aromatic hydroxyl groups is 1. The van der Waals surface area contributed by atoms with Gasteiger partial charge in [0, 0.05) is 30.1 Å². The van der Waals surface area contributed by atoms with Crippen LogP contribution < -0.4 is 5.43 Å². The molecule has 1 aliphatic rings. The molecule has 6 nitrogen and oxygen atoms in total. The Morgan fingerprint density at radius 1 is 1.14 bits per heavy atom. The van der Waals surface area contributed by atoms with Crippen LogP contribution >= 0.6 is 11.6 Å². The van der Waals surface area contributed by atoms with E-state index in [2.05, 4.69) is 28.4 Å². The number of amides is 2. The van der Waals surface area contributed by atoms with Gasteiger partial charge in [-0.3, -0.25) is 9.59 Å². The van der Waals surface area contributed by atoms with Gasteiger partial charge in [-0.2, -0.15) is 5.10 Å². The molecule has 3 aromatic carbocycles. The molecule has 0 aliphatic carbocycles. The maximum absolute atomic E-state index is 12.9. The van der Waals surface area contributed by atoms with Gasteiger partial charge in [-0.15, -0.1) is 0 Å². The molecule has 1 heterocycles. The van der Waals surface area contributed by atoms with E-state index in [1.54, 1.807) is 6.21 Å². The van der Waals surface area contributed by atoms with E-state index in [4.69, 9.17) is 11.6 Å². The Bertz CT molecular complexity index is 1260. The highest BCUT2D eigenvalue weighted by molar-refractivity contribution is 6.32. The maximum Gasteiger partial charge on any atom is 0.271 e. The Morgan fingerprint density at radius 2 is 1.94 bits per heavy atom. The Morgan fingerprint density at radius 3 is 2.71 bits per heavy atom. The van der Waals surface area contributed by atoms with E-state index in [9.17, 15) is 14.7 Å². The zero-order valence-corrected chi connectivity index (χ0v) is 20.6. The second-order valence-corrected chi connectivity index (χ2v) is 9.28. The molecule has 3 aromatic rings. The lowest BCUT2D eigenvalue weighted by Crippen LogP contribution is -2.43. The molecule has 1 fully saturated rings. The summed E-state index contributed by atoms with van der Waals surface area (Å²) in [6.07, 6.45) is 7.21. The number of fused-ring (bicyclic) bond motifs is 1. The molecule has 2 N–H and O–H groups in total. The molecule has 4 rings (SSSR count). The summed E-state index contributed by atoms with van der Waals surface area (Å²) in [5.74, 6) is -0.268. The zero-order chi connectivity index (χ0) is 24.8. The van der Waals surface area contributed by atoms with Crippen molar-refractivity contribution in [2.45, 2.75) is 51.5 Å². The molecule has 0 radical (unpaired) electrons. The fourth-order valence-corrected chi connectivity index (χ4v) is 4.91. The second-order valence-electron chi connectivity index (χ2n) is 8.87. The highest BCUT2D eigenvalue weighted by Crippen LogP contribution is 2.26. The third-order valence-electron chi connectivity index (χ3n) is 6.65. The first kappa shape index (κ1) is 24.7. The van der Waals surface area contributed by atoms with Crippen molar-refractivity contribution in [1.82, 2.24) is 10.3 Å². The number of carbonyl (C=O) groups excluding carboxylic acids is 2. The Labute approximate surface area is 210 Å². The zero-order valence-electron chi connectivity index (χ0n) is 19.8. The van der Waals surface area contributed by atoms with Crippen molar-refractivity contribution < 1.29 is 14.7 Å². The van der Waals surface area contributed by atoms with E-state index >= 15 is 0 Å². The van der Waals surface area contributed by atoms with Crippen molar-refractivity contribution in [1.29, 1.82) is 0 Å². The number of benzene rings is 3. The molecular formula is C28H30ClN3O3. The van der Waals surface area contributed by atoms with E-state index in [0.717, 1.165) is 47.7 Å². The van der Waals surface area contributed by atoms with Crippen LogP contribution in [0.5, 0.6) is 5.75 Å². The standard InChI is InChI=1S/C28H30ClN3O3/c1-2-22-7-5-6-16-32(22)27(34)15-13-19-10-11-21(24-9-4-3-8-23(19)24)18-30-31-28(35)20-12-14-26(33)25(29)17-20/h3-4,8-12,14,17-18,22,33H,2,5-7,13,15-16H2,1H3,(H,31,35)/b30-18+. The van der Waals surface area contributed by atoms with Gasteiger partial charge in [-0.25, -0.2) is 5.43 Å². The number of phenols is 1. The fourth-order valence-electron chi connectivity index (χ4n) is 4.73. The molecule has 1 atom stereocenters. The molecule has 0 saturated carbocycles. The normalized spacial score (nSPS) is 16.1. The van der Waals surface area contributed by atoms with Crippen LogP contribution in [0.15, 0.2) is 59.7 Å². The Hall–Kier alpha value is -3.38. The first-order valence-electron chi connectivity index (χ1n) is 12.1. The van der Waals surface area contributed by atoms with Crippen LogP contribution in [0.1, 0.15) is 60.5 Å². The average Bonchev–Trinajstić information content (AvgIpc) is 2.89. The number of halogens is 1. The first-order valence-corrected chi connectivity index (χ1v) is 12.5. The summed E-state index contributed by atoms with van der Waals surface area (Å²) in [6.45, 7) is 3.03. The van der Waals surface area contributed by atoms with Gasteiger partial charge in [0.15, 0.2) is 0 Å². The van der Waals surface area contributed by atoms with Gasteiger partial charge in [0.05, 0.1) is 11.2 Å². The largest absolute Gasteiger partial charge is 0.506 e. The summed E-state index contributed by atoms with van der Waals surface area (Å²) in [6, 6.07) is 16.6. The molecule has 182 valence electrons. The molecule has 1 saturated heterocycles. The van der Waals surface area contributed by atoms with E-state index < -0.39 is 5.91 Å². The fraction of sp³-hybridized carbons (Fsp3) is 0.321. The third-order valence-corrected chi connectivity index (χ3v) is 6.96. The van der Waals surface area contributed by atoms with Crippen LogP contribution in [0, 0.1) is 0 Å². The van der Waals surface area contributed by atoms with Crippen molar-refractivity contribution in [2.24, 2.45) is 5.10 Å². The molecule has 0 bridgehead atoms. The number of hydrogen-bond acceptors (Lipinski definition) is 4. The minimum Gasteiger partial charge on any atom is -0.506 e. The molecule has 2 amide bonds. The predicted molar refractivity (Wildman–Crippen MR) is 140 cm³/mol. The van der Waals surface area contributed by atoms with Crippen molar-refractivity contribution in [3.63, 3.8) is 0 Å². The average molecular weight is 492 g/mol. The maximum atomic E-state index is 12.9. The lowest BCUT2D eigenvalue weighted by atomic mass is 9.96. The van der Waals surface area contributed by atoms with E-state index in [-0.39, 0.29) is 16.7 Å². The van der Waals surface area contributed by atoms with Crippen LogP contribution in [0.4, 0.5) is 0 Å². The number of hydrazone groups is 1. The summed E-state index contributed by atoms with van der Waals surface area (Å²) >= 11 is 5.88. The summed E-state index contributed by atoms with van der Waals surface area (Å²) in [4.78, 5) is 27.4. The van der Waals surface area contributed by atoms with Gasteiger partial charge >= 0.3 is 0 Å². The topological polar surface area (TPSA) is 82.0 Å². The van der Waals surface area contributed by atoms with Crippen LogP contribution in [0.3, 0.4) is 0 Å². The Kier molecular flexibility index (Phi) is 8.03. The number of piperidine rings is 1. The van der Waals surface area contributed by atoms with Crippen molar-refractivity contribution in [3.05, 3.63) is 76.3 Å².